The number of carbonyl (C=O) groups excluding carboxylic acids is 2. The molecule has 1 fully saturated rings. The molecule has 0 spiro atoms. The Morgan fingerprint density at radius 3 is 2.50 bits per heavy atom. The highest BCUT2D eigenvalue weighted by Gasteiger charge is 2.24. The molecule has 3 rings (SSSR count). The first kappa shape index (κ1) is 21.5. The van der Waals surface area contributed by atoms with Gasteiger partial charge in [0, 0.05) is 18.1 Å². The number of carbonyl (C=O) groups is 2. The SMILES string of the molecule is O=C(Nc1ccccc1Cl)/C(=C/c1cccc([N+](=O)[O-])c1)NC(=O)C1CCCCC1. The molecule has 1 saturated carbocycles. The van der Waals surface area contributed by atoms with Crippen LogP contribution in [0.25, 0.3) is 6.08 Å². The third-order valence-corrected chi connectivity index (χ3v) is 5.32. The molecule has 156 valence electrons. The summed E-state index contributed by atoms with van der Waals surface area (Å²) in [5, 5.41) is 16.8. The van der Waals surface area contributed by atoms with Gasteiger partial charge in [-0.25, -0.2) is 0 Å². The lowest BCUT2D eigenvalue weighted by Crippen LogP contribution is -2.35. The summed E-state index contributed by atoms with van der Waals surface area (Å²) < 4.78 is 0. The van der Waals surface area contributed by atoms with Gasteiger partial charge in [0.25, 0.3) is 11.6 Å². The maximum atomic E-state index is 12.9. The van der Waals surface area contributed by atoms with E-state index >= 15 is 0 Å². The van der Waals surface area contributed by atoms with E-state index in [0.29, 0.717) is 16.3 Å². The fourth-order valence-electron chi connectivity index (χ4n) is 3.41. The van der Waals surface area contributed by atoms with E-state index in [4.69, 9.17) is 11.6 Å². The van der Waals surface area contributed by atoms with E-state index in [9.17, 15) is 19.7 Å². The normalized spacial score (nSPS) is 14.8. The molecule has 0 aromatic heterocycles. The minimum absolute atomic E-state index is 0.00555. The van der Waals surface area contributed by atoms with Crippen LogP contribution in [0.4, 0.5) is 11.4 Å². The molecule has 1 aliphatic carbocycles. The molecular formula is C22H22ClN3O4. The van der Waals surface area contributed by atoms with Gasteiger partial charge in [-0.1, -0.05) is 55.1 Å². The van der Waals surface area contributed by atoms with E-state index in [-0.39, 0.29) is 23.2 Å². The minimum Gasteiger partial charge on any atom is -0.321 e. The predicted molar refractivity (Wildman–Crippen MR) is 116 cm³/mol. The van der Waals surface area contributed by atoms with E-state index in [2.05, 4.69) is 10.6 Å². The lowest BCUT2D eigenvalue weighted by molar-refractivity contribution is -0.384. The zero-order valence-electron chi connectivity index (χ0n) is 16.3. The summed E-state index contributed by atoms with van der Waals surface area (Å²) in [4.78, 5) is 36.2. The molecule has 0 aliphatic heterocycles. The number of nitro groups is 1. The summed E-state index contributed by atoms with van der Waals surface area (Å²) in [7, 11) is 0. The van der Waals surface area contributed by atoms with Crippen LogP contribution in [0.5, 0.6) is 0 Å². The molecule has 2 amide bonds. The Kier molecular flexibility index (Phi) is 7.19. The van der Waals surface area contributed by atoms with Crippen LogP contribution in [0.1, 0.15) is 37.7 Å². The van der Waals surface area contributed by atoms with Crippen LogP contribution in [0.15, 0.2) is 54.2 Å². The number of hydrogen-bond acceptors (Lipinski definition) is 4. The number of para-hydroxylation sites is 1. The van der Waals surface area contributed by atoms with Gasteiger partial charge in [-0.2, -0.15) is 0 Å². The van der Waals surface area contributed by atoms with Gasteiger partial charge >= 0.3 is 0 Å². The lowest BCUT2D eigenvalue weighted by Gasteiger charge is -2.21. The molecule has 0 heterocycles. The van der Waals surface area contributed by atoms with Crippen LogP contribution in [0, 0.1) is 16.0 Å². The molecule has 0 unspecified atom stereocenters. The summed E-state index contributed by atoms with van der Waals surface area (Å²) in [6.07, 6.45) is 6.05. The second-order valence-electron chi connectivity index (χ2n) is 7.17. The summed E-state index contributed by atoms with van der Waals surface area (Å²) in [6, 6.07) is 12.6. The van der Waals surface area contributed by atoms with Gasteiger partial charge in [-0.15, -0.1) is 0 Å². The number of nitrogens with one attached hydrogen (secondary N) is 2. The molecule has 30 heavy (non-hydrogen) atoms. The number of hydrogen-bond donors (Lipinski definition) is 2. The first-order chi connectivity index (χ1) is 14.4. The zero-order chi connectivity index (χ0) is 21.5. The van der Waals surface area contributed by atoms with Crippen LogP contribution in [-0.2, 0) is 9.59 Å². The minimum atomic E-state index is -0.557. The Morgan fingerprint density at radius 2 is 1.80 bits per heavy atom. The van der Waals surface area contributed by atoms with Crippen LogP contribution >= 0.6 is 11.6 Å². The van der Waals surface area contributed by atoms with E-state index < -0.39 is 10.8 Å². The number of rotatable bonds is 6. The maximum absolute atomic E-state index is 12.9. The molecule has 7 nitrogen and oxygen atoms in total. The molecule has 0 saturated heterocycles. The standard InChI is InChI=1S/C22H22ClN3O4/c23-18-11-4-5-12-19(18)24-22(28)20(25-21(27)16-8-2-1-3-9-16)14-15-7-6-10-17(13-15)26(29)30/h4-7,10-14,16H,1-3,8-9H2,(H,24,28)(H,25,27)/b20-14-. The average molecular weight is 428 g/mol. The van der Waals surface area contributed by atoms with Gasteiger partial charge in [-0.3, -0.25) is 19.7 Å². The summed E-state index contributed by atoms with van der Waals surface area (Å²) in [5.41, 5.74) is 0.734. The number of amides is 2. The molecule has 8 heteroatoms. The Balaban J connectivity index is 1.88. The van der Waals surface area contributed by atoms with Crippen molar-refractivity contribution in [2.45, 2.75) is 32.1 Å². The van der Waals surface area contributed by atoms with Crippen molar-refractivity contribution < 1.29 is 14.5 Å². The van der Waals surface area contributed by atoms with Gasteiger partial charge in [0.1, 0.15) is 5.70 Å². The molecule has 0 radical (unpaired) electrons. The quantitative estimate of drug-likeness (QED) is 0.388. The third-order valence-electron chi connectivity index (χ3n) is 4.99. The van der Waals surface area contributed by atoms with Crippen LogP contribution in [-0.4, -0.2) is 16.7 Å². The Labute approximate surface area is 179 Å². The van der Waals surface area contributed by atoms with Gasteiger partial charge in [0.15, 0.2) is 0 Å². The van der Waals surface area contributed by atoms with E-state index in [1.807, 2.05) is 0 Å². The zero-order valence-corrected chi connectivity index (χ0v) is 17.0. The van der Waals surface area contributed by atoms with Crippen molar-refractivity contribution in [3.8, 4) is 0 Å². The molecular weight excluding hydrogens is 406 g/mol. The Hall–Kier alpha value is -3.19. The molecule has 0 bridgehead atoms. The lowest BCUT2D eigenvalue weighted by atomic mass is 9.88. The summed E-state index contributed by atoms with van der Waals surface area (Å²) in [5.74, 6) is -0.931. The number of halogens is 1. The highest BCUT2D eigenvalue weighted by Crippen LogP contribution is 2.25. The van der Waals surface area contributed by atoms with Gasteiger partial charge < -0.3 is 10.6 Å². The topological polar surface area (TPSA) is 101 Å². The van der Waals surface area contributed by atoms with Crippen molar-refractivity contribution in [2.24, 2.45) is 5.92 Å². The van der Waals surface area contributed by atoms with Crippen molar-refractivity contribution in [2.75, 3.05) is 5.32 Å². The molecule has 2 aromatic rings. The van der Waals surface area contributed by atoms with Crippen molar-refractivity contribution >= 4 is 40.9 Å². The van der Waals surface area contributed by atoms with Gasteiger partial charge in [0.05, 0.1) is 15.6 Å². The Morgan fingerprint density at radius 1 is 1.07 bits per heavy atom. The molecule has 2 N–H and O–H groups in total. The summed E-state index contributed by atoms with van der Waals surface area (Å²) >= 11 is 6.12. The average Bonchev–Trinajstić information content (AvgIpc) is 2.75. The number of benzene rings is 2. The fraction of sp³-hybridized carbons (Fsp3) is 0.273. The highest BCUT2D eigenvalue weighted by molar-refractivity contribution is 6.34. The second-order valence-corrected chi connectivity index (χ2v) is 7.58. The number of nitrogens with zero attached hydrogens (tertiary/aromatic N) is 1. The van der Waals surface area contributed by atoms with Crippen LogP contribution < -0.4 is 10.6 Å². The van der Waals surface area contributed by atoms with Crippen molar-refractivity contribution in [1.82, 2.24) is 5.32 Å². The van der Waals surface area contributed by atoms with E-state index in [1.54, 1.807) is 30.3 Å². The maximum Gasteiger partial charge on any atom is 0.272 e. The van der Waals surface area contributed by atoms with Gasteiger partial charge in [0.2, 0.25) is 5.91 Å². The highest BCUT2D eigenvalue weighted by atomic mass is 35.5. The van der Waals surface area contributed by atoms with E-state index in [1.165, 1.54) is 24.3 Å². The van der Waals surface area contributed by atoms with E-state index in [0.717, 1.165) is 32.1 Å². The van der Waals surface area contributed by atoms with Gasteiger partial charge in [-0.05, 0) is 36.6 Å². The van der Waals surface area contributed by atoms with Crippen molar-refractivity contribution in [1.29, 1.82) is 0 Å². The first-order valence-corrected chi connectivity index (χ1v) is 10.1. The fourth-order valence-corrected chi connectivity index (χ4v) is 3.59. The molecule has 1 aliphatic rings. The summed E-state index contributed by atoms with van der Waals surface area (Å²) in [6.45, 7) is 0. The number of non-ortho nitro benzene ring substituents is 1. The monoisotopic (exact) mass is 427 g/mol. The van der Waals surface area contributed by atoms with Crippen LogP contribution in [0.3, 0.4) is 0 Å². The first-order valence-electron chi connectivity index (χ1n) is 9.77. The van der Waals surface area contributed by atoms with Crippen molar-refractivity contribution in [3.05, 3.63) is 74.9 Å². The predicted octanol–water partition coefficient (Wildman–Crippen LogP) is 4.92. The number of anilines is 1. The van der Waals surface area contributed by atoms with Crippen molar-refractivity contribution in [3.63, 3.8) is 0 Å². The van der Waals surface area contributed by atoms with Crippen LogP contribution in [0.2, 0.25) is 5.02 Å². The molecule has 0 atom stereocenters. The smallest absolute Gasteiger partial charge is 0.272 e. The number of nitro benzene ring substituents is 1. The second kappa shape index (κ2) is 10.0. The largest absolute Gasteiger partial charge is 0.321 e. The molecule has 2 aromatic carbocycles. The Bertz CT molecular complexity index is 984. The third kappa shape index (κ3) is 5.67.